The number of benzene rings is 2. The number of carbonyl (C=O) groups is 1. The van der Waals surface area contributed by atoms with Gasteiger partial charge in [-0.15, -0.1) is 0 Å². The maximum absolute atomic E-state index is 13.8. The van der Waals surface area contributed by atoms with Gasteiger partial charge >= 0.3 is 0 Å². The summed E-state index contributed by atoms with van der Waals surface area (Å²) >= 11 is 0.859. The predicted octanol–water partition coefficient (Wildman–Crippen LogP) is 4.11. The molecule has 106 valence electrons. The second-order valence-corrected chi connectivity index (χ2v) is 5.60. The first kappa shape index (κ1) is 13.8. The Morgan fingerprint density at radius 3 is 2.57 bits per heavy atom. The van der Waals surface area contributed by atoms with Crippen molar-refractivity contribution >= 4 is 29.1 Å². The molecule has 0 saturated heterocycles. The van der Waals surface area contributed by atoms with E-state index in [1.807, 2.05) is 25.1 Å². The summed E-state index contributed by atoms with van der Waals surface area (Å²) in [6.07, 6.45) is 0.407. The highest BCUT2D eigenvalue weighted by atomic mass is 32.2. The number of hydrogen-bond acceptors (Lipinski definition) is 3. The Bertz CT molecular complexity index is 822. The number of nitrogens with zero attached hydrogens (tertiary/aromatic N) is 1. The number of H-pyrrole nitrogens is 1. The van der Waals surface area contributed by atoms with Gasteiger partial charge in [0.15, 0.2) is 5.16 Å². The molecule has 0 saturated carbocycles. The fourth-order valence-electron chi connectivity index (χ4n) is 1.99. The van der Waals surface area contributed by atoms with Crippen molar-refractivity contribution in [3.8, 4) is 0 Å². The number of fused-ring (bicyclic) bond motifs is 1. The molecule has 1 N–H and O–H groups in total. The van der Waals surface area contributed by atoms with E-state index in [4.69, 9.17) is 0 Å². The number of nitrogens with one attached hydrogen (secondary N) is 1. The molecule has 0 fully saturated rings. The van der Waals surface area contributed by atoms with Crippen LogP contribution >= 0.6 is 11.8 Å². The summed E-state index contributed by atoms with van der Waals surface area (Å²) in [6.45, 7) is 1.95. The molecular formula is C15H10F2N2OS. The molecule has 0 spiro atoms. The average molecular weight is 304 g/mol. The van der Waals surface area contributed by atoms with Crippen molar-refractivity contribution in [3.63, 3.8) is 0 Å². The highest BCUT2D eigenvalue weighted by molar-refractivity contribution is 7.99. The van der Waals surface area contributed by atoms with Crippen LogP contribution in [-0.2, 0) is 0 Å². The lowest BCUT2D eigenvalue weighted by molar-refractivity contribution is 0.112. The first-order valence-electron chi connectivity index (χ1n) is 6.15. The van der Waals surface area contributed by atoms with Crippen molar-refractivity contribution < 1.29 is 13.6 Å². The minimum Gasteiger partial charge on any atom is -0.333 e. The molecule has 3 rings (SSSR count). The van der Waals surface area contributed by atoms with E-state index in [1.165, 1.54) is 0 Å². The van der Waals surface area contributed by atoms with Gasteiger partial charge in [0.1, 0.15) is 17.9 Å². The van der Waals surface area contributed by atoms with Crippen molar-refractivity contribution in [3.05, 3.63) is 53.1 Å². The lowest BCUT2D eigenvalue weighted by Crippen LogP contribution is -1.92. The van der Waals surface area contributed by atoms with Gasteiger partial charge in [0.25, 0.3) is 0 Å². The smallest absolute Gasteiger partial charge is 0.171 e. The van der Waals surface area contributed by atoms with Crippen molar-refractivity contribution in [2.24, 2.45) is 0 Å². The molecule has 1 aromatic heterocycles. The van der Waals surface area contributed by atoms with Gasteiger partial charge in [-0.05, 0) is 48.5 Å². The van der Waals surface area contributed by atoms with Crippen LogP contribution in [-0.4, -0.2) is 16.3 Å². The summed E-state index contributed by atoms with van der Waals surface area (Å²) < 4.78 is 27.7. The number of aromatic amines is 1. The molecule has 21 heavy (non-hydrogen) atoms. The fraction of sp³-hybridized carbons (Fsp3) is 0.0667. The Morgan fingerprint density at radius 2 is 1.90 bits per heavy atom. The first-order chi connectivity index (χ1) is 10.1. The first-order valence-corrected chi connectivity index (χ1v) is 6.97. The zero-order valence-corrected chi connectivity index (χ0v) is 11.8. The topological polar surface area (TPSA) is 45.8 Å². The average Bonchev–Trinajstić information content (AvgIpc) is 2.84. The van der Waals surface area contributed by atoms with Gasteiger partial charge in [0, 0.05) is 5.56 Å². The van der Waals surface area contributed by atoms with E-state index in [9.17, 15) is 13.6 Å². The Balaban J connectivity index is 2.00. The quantitative estimate of drug-likeness (QED) is 0.741. The highest BCUT2D eigenvalue weighted by Crippen LogP contribution is 2.32. The number of hydrogen-bond donors (Lipinski definition) is 1. The van der Waals surface area contributed by atoms with Crippen LogP contribution < -0.4 is 0 Å². The van der Waals surface area contributed by atoms with Gasteiger partial charge in [-0.25, -0.2) is 13.8 Å². The van der Waals surface area contributed by atoms with Gasteiger partial charge in [0.05, 0.1) is 15.9 Å². The second-order valence-electron chi connectivity index (χ2n) is 4.60. The number of imidazole rings is 1. The monoisotopic (exact) mass is 304 g/mol. The number of aryl methyl sites for hydroxylation is 1. The van der Waals surface area contributed by atoms with Crippen molar-refractivity contribution in [2.45, 2.75) is 17.0 Å². The molecule has 0 aliphatic carbocycles. The van der Waals surface area contributed by atoms with Crippen LogP contribution in [0.4, 0.5) is 8.78 Å². The molecular weight excluding hydrogens is 294 g/mol. The molecule has 2 aromatic carbocycles. The van der Waals surface area contributed by atoms with Gasteiger partial charge in [-0.3, -0.25) is 4.79 Å². The third kappa shape index (κ3) is 2.67. The minimum absolute atomic E-state index is 0.0328. The standard InChI is InChI=1S/C15H10F2N2OS/c1-8-2-3-12-13(4-8)19-15(18-12)21-14-10(16)5-9(7-20)6-11(14)17/h2-7H,1H3,(H,18,19). The fourth-order valence-corrected chi connectivity index (χ4v) is 2.80. The molecule has 3 aromatic rings. The van der Waals surface area contributed by atoms with E-state index < -0.39 is 11.6 Å². The summed E-state index contributed by atoms with van der Waals surface area (Å²) in [7, 11) is 0. The van der Waals surface area contributed by atoms with E-state index >= 15 is 0 Å². The molecule has 0 amide bonds. The van der Waals surface area contributed by atoms with Crippen LogP contribution in [0.3, 0.4) is 0 Å². The van der Waals surface area contributed by atoms with E-state index in [2.05, 4.69) is 9.97 Å². The zero-order valence-electron chi connectivity index (χ0n) is 11.0. The van der Waals surface area contributed by atoms with E-state index in [0.717, 1.165) is 40.5 Å². The summed E-state index contributed by atoms with van der Waals surface area (Å²) in [5.41, 5.74) is 2.57. The molecule has 0 bridgehead atoms. The molecule has 6 heteroatoms. The summed E-state index contributed by atoms with van der Waals surface area (Å²) in [5, 5.41) is 0.396. The Hall–Kier alpha value is -2.21. The molecule has 0 aliphatic heterocycles. The van der Waals surface area contributed by atoms with Crippen LogP contribution in [0, 0.1) is 18.6 Å². The molecule has 3 nitrogen and oxygen atoms in total. The number of rotatable bonds is 3. The number of aldehydes is 1. The van der Waals surface area contributed by atoms with Crippen molar-refractivity contribution in [2.75, 3.05) is 0 Å². The van der Waals surface area contributed by atoms with Gasteiger partial charge in [-0.1, -0.05) is 6.07 Å². The van der Waals surface area contributed by atoms with E-state index in [-0.39, 0.29) is 10.5 Å². The Labute approximate surface area is 123 Å². The van der Waals surface area contributed by atoms with E-state index in [1.54, 1.807) is 0 Å². The van der Waals surface area contributed by atoms with Gasteiger partial charge in [0.2, 0.25) is 0 Å². The number of carbonyl (C=O) groups excluding carboxylic acids is 1. The lowest BCUT2D eigenvalue weighted by Gasteiger charge is -2.03. The third-order valence-electron chi connectivity index (χ3n) is 2.97. The van der Waals surface area contributed by atoms with Crippen LogP contribution in [0.1, 0.15) is 15.9 Å². The van der Waals surface area contributed by atoms with Gasteiger partial charge in [-0.2, -0.15) is 0 Å². The normalized spacial score (nSPS) is 11.0. The second kappa shape index (κ2) is 5.29. The van der Waals surface area contributed by atoms with Crippen LogP contribution in [0.15, 0.2) is 40.4 Å². The molecule has 0 unspecified atom stereocenters. The van der Waals surface area contributed by atoms with Crippen LogP contribution in [0.2, 0.25) is 0 Å². The zero-order chi connectivity index (χ0) is 15.0. The molecule has 0 aliphatic rings. The maximum Gasteiger partial charge on any atom is 0.171 e. The number of halogens is 2. The highest BCUT2D eigenvalue weighted by Gasteiger charge is 2.15. The van der Waals surface area contributed by atoms with Crippen LogP contribution in [0.5, 0.6) is 0 Å². The Kier molecular flexibility index (Phi) is 3.47. The van der Waals surface area contributed by atoms with Gasteiger partial charge < -0.3 is 4.98 Å². The minimum atomic E-state index is -0.779. The summed E-state index contributed by atoms with van der Waals surface area (Å²) in [4.78, 5) is 17.7. The largest absolute Gasteiger partial charge is 0.333 e. The predicted molar refractivity (Wildman–Crippen MR) is 76.7 cm³/mol. The van der Waals surface area contributed by atoms with Crippen molar-refractivity contribution in [1.82, 2.24) is 9.97 Å². The molecule has 0 atom stereocenters. The molecule has 1 heterocycles. The Morgan fingerprint density at radius 1 is 1.19 bits per heavy atom. The van der Waals surface area contributed by atoms with Crippen molar-refractivity contribution in [1.29, 1.82) is 0 Å². The van der Waals surface area contributed by atoms with E-state index in [0.29, 0.717) is 11.4 Å². The lowest BCUT2D eigenvalue weighted by atomic mass is 10.2. The SMILES string of the molecule is Cc1ccc2nc(Sc3c(F)cc(C=O)cc3F)[nH]c2c1. The maximum atomic E-state index is 13.8. The summed E-state index contributed by atoms with van der Waals surface area (Å²) in [6, 6.07) is 7.68. The number of aromatic nitrogens is 2. The molecule has 0 radical (unpaired) electrons. The van der Waals surface area contributed by atoms with Crippen LogP contribution in [0.25, 0.3) is 11.0 Å². The summed E-state index contributed by atoms with van der Waals surface area (Å²) in [5.74, 6) is -1.56. The third-order valence-corrected chi connectivity index (χ3v) is 3.95.